The third kappa shape index (κ3) is 5.00. The summed E-state index contributed by atoms with van der Waals surface area (Å²) in [6, 6.07) is 8.28. The van der Waals surface area contributed by atoms with Gasteiger partial charge in [-0.15, -0.1) is 0 Å². The number of aliphatic hydroxyl groups is 2. The molecule has 3 aromatic heterocycles. The lowest BCUT2D eigenvalue weighted by Crippen LogP contribution is -2.39. The Morgan fingerprint density at radius 1 is 1.12 bits per heavy atom. The van der Waals surface area contributed by atoms with E-state index >= 15 is 0 Å². The van der Waals surface area contributed by atoms with Gasteiger partial charge in [-0.3, -0.25) is 4.57 Å². The monoisotopic (exact) mass is 550 g/mol. The first-order chi connectivity index (χ1) is 19.4. The Morgan fingerprint density at radius 3 is 2.70 bits per heavy atom. The topological polar surface area (TPSA) is 109 Å². The van der Waals surface area contributed by atoms with Gasteiger partial charge in [-0.2, -0.15) is 4.98 Å². The predicted octanol–water partition coefficient (Wildman–Crippen LogP) is 4.22. The van der Waals surface area contributed by atoms with Crippen LogP contribution in [0.2, 0.25) is 0 Å². The van der Waals surface area contributed by atoms with E-state index in [1.165, 1.54) is 23.0 Å². The molecule has 4 heterocycles. The van der Waals surface area contributed by atoms with Crippen LogP contribution in [0, 0.1) is 11.6 Å². The van der Waals surface area contributed by atoms with E-state index in [0.717, 1.165) is 37.9 Å². The van der Waals surface area contributed by atoms with Crippen LogP contribution in [0.4, 0.5) is 20.4 Å². The maximum absolute atomic E-state index is 14.9. The number of nitrogens with zero attached hydrogens (tertiary/aromatic N) is 5. The number of fused-ring (bicyclic) bond motifs is 2. The van der Waals surface area contributed by atoms with Crippen molar-refractivity contribution in [3.63, 3.8) is 0 Å². The van der Waals surface area contributed by atoms with Gasteiger partial charge in [-0.05, 0) is 55.9 Å². The van der Waals surface area contributed by atoms with Crippen LogP contribution in [-0.2, 0) is 12.0 Å². The molecule has 40 heavy (non-hydrogen) atoms. The van der Waals surface area contributed by atoms with E-state index < -0.39 is 17.2 Å². The normalized spacial score (nSPS) is 19.7. The first-order valence-corrected chi connectivity index (χ1v) is 13.7. The molecule has 0 saturated carbocycles. The second-order valence-corrected chi connectivity index (χ2v) is 10.5. The molecule has 1 aliphatic heterocycles. The van der Waals surface area contributed by atoms with Crippen molar-refractivity contribution in [2.75, 3.05) is 31.6 Å². The van der Waals surface area contributed by atoms with Gasteiger partial charge < -0.3 is 25.2 Å². The molecule has 1 aromatic carbocycles. The Balaban J connectivity index is 1.21. The fraction of sp³-hybridized carbons (Fsp3) is 0.414. The largest absolute Gasteiger partial charge is 0.487 e. The minimum Gasteiger partial charge on any atom is -0.487 e. The molecule has 0 amide bonds. The number of hydrogen-bond donors (Lipinski definition) is 3. The third-order valence-electron chi connectivity index (χ3n) is 7.97. The van der Waals surface area contributed by atoms with E-state index in [1.54, 1.807) is 18.2 Å². The van der Waals surface area contributed by atoms with E-state index in [9.17, 15) is 13.9 Å². The van der Waals surface area contributed by atoms with Crippen molar-refractivity contribution >= 4 is 22.7 Å². The van der Waals surface area contributed by atoms with Gasteiger partial charge in [0, 0.05) is 43.8 Å². The van der Waals surface area contributed by atoms with Crippen LogP contribution in [0.25, 0.3) is 16.9 Å². The molecule has 11 heteroatoms. The second-order valence-electron chi connectivity index (χ2n) is 10.5. The summed E-state index contributed by atoms with van der Waals surface area (Å²) in [5.74, 6) is -0.218. The maximum atomic E-state index is 14.9. The van der Waals surface area contributed by atoms with E-state index in [0.29, 0.717) is 42.2 Å². The number of hydrogen-bond acceptors (Lipinski definition) is 8. The fourth-order valence-electron chi connectivity index (χ4n) is 5.60. The van der Waals surface area contributed by atoms with Gasteiger partial charge >= 0.3 is 0 Å². The summed E-state index contributed by atoms with van der Waals surface area (Å²) in [4.78, 5) is 15.6. The number of β-amino-alcohol motifs (C(OH)–C–C–N with tert-alkyl or cyclic N) is 1. The van der Waals surface area contributed by atoms with Crippen LogP contribution in [-0.4, -0.2) is 67.0 Å². The predicted molar refractivity (Wildman–Crippen MR) is 146 cm³/mol. The fourth-order valence-corrected chi connectivity index (χ4v) is 5.60. The number of ether oxygens (including phenoxy) is 1. The number of nitrogens with one attached hydrogen (secondary N) is 1. The molecule has 1 saturated heterocycles. The number of halogens is 2. The van der Waals surface area contributed by atoms with Gasteiger partial charge in [0.05, 0.1) is 17.7 Å². The molecule has 1 aliphatic carbocycles. The molecule has 0 radical (unpaired) electrons. The first-order valence-electron chi connectivity index (χ1n) is 13.7. The van der Waals surface area contributed by atoms with Crippen molar-refractivity contribution in [2.45, 2.75) is 50.7 Å². The van der Waals surface area contributed by atoms with Gasteiger partial charge in [0.15, 0.2) is 23.0 Å². The van der Waals surface area contributed by atoms with Gasteiger partial charge in [0.1, 0.15) is 17.5 Å². The highest BCUT2D eigenvalue weighted by atomic mass is 19.1. The van der Waals surface area contributed by atoms with E-state index in [2.05, 4.69) is 20.2 Å². The van der Waals surface area contributed by atoms with E-state index in [-0.39, 0.29) is 29.8 Å². The summed E-state index contributed by atoms with van der Waals surface area (Å²) in [5, 5.41) is 23.3. The number of benzene rings is 1. The van der Waals surface area contributed by atoms with Gasteiger partial charge in [0.25, 0.3) is 0 Å². The summed E-state index contributed by atoms with van der Waals surface area (Å²) in [6.07, 6.45) is 6.02. The van der Waals surface area contributed by atoms with Gasteiger partial charge in [-0.25, -0.2) is 18.7 Å². The van der Waals surface area contributed by atoms with E-state index in [1.807, 2.05) is 13.0 Å². The molecule has 0 spiro atoms. The molecular formula is C29H32F2N6O3. The lowest BCUT2D eigenvalue weighted by Gasteiger charge is -2.31. The molecule has 1 atom stereocenters. The van der Waals surface area contributed by atoms with Crippen LogP contribution in [0.15, 0.2) is 42.7 Å². The number of aromatic nitrogens is 4. The minimum atomic E-state index is -0.994. The number of aryl methyl sites for hydroxylation is 1. The van der Waals surface area contributed by atoms with Crippen molar-refractivity contribution in [3.8, 4) is 11.6 Å². The van der Waals surface area contributed by atoms with Crippen LogP contribution in [0.5, 0.6) is 5.75 Å². The molecule has 0 unspecified atom stereocenters. The summed E-state index contributed by atoms with van der Waals surface area (Å²) >= 11 is 0. The maximum Gasteiger partial charge on any atom is 0.229 e. The zero-order chi connectivity index (χ0) is 27.9. The highest BCUT2D eigenvalue weighted by molar-refractivity contribution is 5.79. The van der Waals surface area contributed by atoms with Crippen LogP contribution in [0.1, 0.15) is 43.9 Å². The number of anilines is 2. The molecule has 9 nitrogen and oxygen atoms in total. The minimum absolute atomic E-state index is 0.0854. The summed E-state index contributed by atoms with van der Waals surface area (Å²) < 4.78 is 37.2. The summed E-state index contributed by atoms with van der Waals surface area (Å²) in [6.45, 7) is 4.28. The van der Waals surface area contributed by atoms with Crippen molar-refractivity contribution in [1.82, 2.24) is 24.4 Å². The highest BCUT2D eigenvalue weighted by Crippen LogP contribution is 2.38. The molecular weight excluding hydrogens is 518 g/mol. The Bertz CT molecular complexity index is 1540. The highest BCUT2D eigenvalue weighted by Gasteiger charge is 2.37. The van der Waals surface area contributed by atoms with Gasteiger partial charge in [0.2, 0.25) is 5.95 Å². The average molecular weight is 551 g/mol. The number of piperidine rings is 1. The van der Waals surface area contributed by atoms with Gasteiger partial charge in [-0.1, -0.05) is 13.0 Å². The van der Waals surface area contributed by atoms with Crippen LogP contribution < -0.4 is 10.1 Å². The molecule has 0 bridgehead atoms. The average Bonchev–Trinajstić information content (AvgIpc) is 3.47. The molecule has 3 N–H and O–H groups in total. The zero-order valence-corrected chi connectivity index (χ0v) is 22.3. The number of aliphatic hydroxyl groups excluding tert-OH is 1. The second kappa shape index (κ2) is 10.7. The Labute approximate surface area is 230 Å². The summed E-state index contributed by atoms with van der Waals surface area (Å²) in [7, 11) is 0. The number of pyridine rings is 1. The third-order valence-corrected chi connectivity index (χ3v) is 7.97. The SMILES string of the molecule is CC[C@@]1(O)CCc2ccc(-n3cc(F)c4cnc(Nc5ccc(OC6CCN(CCO)CC6)c(F)c5)nc43)nc21. The van der Waals surface area contributed by atoms with Crippen molar-refractivity contribution in [3.05, 3.63) is 65.6 Å². The molecule has 2 aliphatic rings. The quantitative estimate of drug-likeness (QED) is 0.299. The van der Waals surface area contributed by atoms with Crippen LogP contribution >= 0.6 is 0 Å². The Morgan fingerprint density at radius 2 is 1.95 bits per heavy atom. The standard InChI is InChI=1S/C29H32F2N6O3/c1-2-29(39)10-7-18-3-6-25(34-26(18)29)37-17-23(31)21-16-32-28(35-27(21)37)33-19-4-5-24(22(30)15-19)40-20-8-11-36(12-9-20)13-14-38/h3-6,15-17,20,38-39H,2,7-14H2,1H3,(H,32,33,35)/t29-/m1/s1. The first kappa shape index (κ1) is 26.5. The number of likely N-dealkylation sites (tertiary alicyclic amines) is 1. The van der Waals surface area contributed by atoms with Crippen molar-refractivity contribution < 1.29 is 23.7 Å². The smallest absolute Gasteiger partial charge is 0.229 e. The summed E-state index contributed by atoms with van der Waals surface area (Å²) in [5.41, 5.74) is 1.34. The number of rotatable bonds is 8. The molecule has 6 rings (SSSR count). The molecule has 4 aromatic rings. The van der Waals surface area contributed by atoms with Crippen molar-refractivity contribution in [2.24, 2.45) is 0 Å². The van der Waals surface area contributed by atoms with Crippen LogP contribution in [0.3, 0.4) is 0 Å². The Hall–Kier alpha value is -3.67. The molecule has 1 fully saturated rings. The van der Waals surface area contributed by atoms with Crippen molar-refractivity contribution in [1.29, 1.82) is 0 Å². The van der Waals surface area contributed by atoms with E-state index in [4.69, 9.17) is 14.8 Å². The molecule has 210 valence electrons. The lowest BCUT2D eigenvalue weighted by molar-refractivity contribution is 0.0306. The Kier molecular flexibility index (Phi) is 7.11. The zero-order valence-electron chi connectivity index (χ0n) is 22.3. The lowest BCUT2D eigenvalue weighted by atomic mass is 9.98.